The van der Waals surface area contributed by atoms with Gasteiger partial charge in [-0.1, -0.05) is 75.2 Å². The maximum absolute atomic E-state index is 13.8. The lowest BCUT2D eigenvalue weighted by Crippen LogP contribution is -2.49. The van der Waals surface area contributed by atoms with Gasteiger partial charge in [-0.05, 0) is 54.6 Å². The Morgan fingerprint density at radius 2 is 1.71 bits per heavy atom. The van der Waals surface area contributed by atoms with E-state index in [1.54, 1.807) is 28.8 Å². The molecular weight excluding hydrogens is 478 g/mol. The SMILES string of the molecule is CC(C)(C)c1ccc(C2SCC(C(=O)NCCN3CCCCC3)N2C(=O)c2ccccc2Cl)cc1. The van der Waals surface area contributed by atoms with E-state index in [0.29, 0.717) is 22.9 Å². The number of rotatable bonds is 6. The van der Waals surface area contributed by atoms with E-state index in [0.717, 1.165) is 25.2 Å². The molecule has 1 N–H and O–H groups in total. The van der Waals surface area contributed by atoms with Crippen LogP contribution >= 0.6 is 23.4 Å². The molecule has 0 spiro atoms. The summed E-state index contributed by atoms with van der Waals surface area (Å²) in [6.45, 7) is 10.2. The number of hydrogen-bond acceptors (Lipinski definition) is 4. The monoisotopic (exact) mass is 513 g/mol. The molecule has 2 aromatic rings. The van der Waals surface area contributed by atoms with Crippen LogP contribution in [0.4, 0.5) is 0 Å². The molecule has 35 heavy (non-hydrogen) atoms. The number of carbonyl (C=O) groups excluding carboxylic acids is 2. The summed E-state index contributed by atoms with van der Waals surface area (Å²) >= 11 is 8.03. The van der Waals surface area contributed by atoms with Gasteiger partial charge in [-0.15, -0.1) is 11.8 Å². The molecule has 5 nitrogen and oxygen atoms in total. The Balaban J connectivity index is 1.54. The summed E-state index contributed by atoms with van der Waals surface area (Å²) in [6, 6.07) is 15.0. The zero-order chi connectivity index (χ0) is 25.0. The zero-order valence-corrected chi connectivity index (χ0v) is 22.5. The summed E-state index contributed by atoms with van der Waals surface area (Å²) in [5, 5.41) is 3.26. The Kier molecular flexibility index (Phi) is 8.46. The number of halogens is 1. The standard InChI is InChI=1S/C28H36ClN3O2S/c1-28(2,3)21-13-11-20(12-14-21)27-32(26(34)22-9-5-6-10-23(22)29)24(19-35-27)25(33)30-15-18-31-16-7-4-8-17-31/h5-6,9-14,24,27H,4,7-8,15-19H2,1-3H3,(H,30,33). The lowest BCUT2D eigenvalue weighted by Gasteiger charge is -2.30. The molecule has 7 heteroatoms. The van der Waals surface area contributed by atoms with Gasteiger partial charge in [0.1, 0.15) is 11.4 Å². The first-order valence-corrected chi connectivity index (χ1v) is 14.0. The lowest BCUT2D eigenvalue weighted by molar-refractivity contribution is -0.124. The van der Waals surface area contributed by atoms with Crippen molar-refractivity contribution >= 4 is 35.2 Å². The summed E-state index contributed by atoms with van der Waals surface area (Å²) in [5.74, 6) is 0.252. The molecule has 2 fully saturated rings. The van der Waals surface area contributed by atoms with Crippen LogP contribution in [0.15, 0.2) is 48.5 Å². The topological polar surface area (TPSA) is 52.7 Å². The van der Waals surface area contributed by atoms with E-state index in [4.69, 9.17) is 11.6 Å². The van der Waals surface area contributed by atoms with Crippen molar-refractivity contribution in [3.8, 4) is 0 Å². The molecule has 2 heterocycles. The number of likely N-dealkylation sites (tertiary alicyclic amines) is 1. The molecule has 2 aromatic carbocycles. The van der Waals surface area contributed by atoms with Crippen molar-refractivity contribution in [1.82, 2.24) is 15.1 Å². The highest BCUT2D eigenvalue weighted by Gasteiger charge is 2.43. The highest BCUT2D eigenvalue weighted by molar-refractivity contribution is 7.99. The Morgan fingerprint density at radius 3 is 2.37 bits per heavy atom. The number of carbonyl (C=O) groups is 2. The number of nitrogens with zero attached hydrogens (tertiary/aromatic N) is 2. The summed E-state index contributed by atoms with van der Waals surface area (Å²) < 4.78 is 0. The third-order valence-corrected chi connectivity index (χ3v) is 8.53. The van der Waals surface area contributed by atoms with Gasteiger partial charge in [0.05, 0.1) is 10.6 Å². The molecule has 2 aliphatic rings. The number of benzene rings is 2. The first-order chi connectivity index (χ1) is 16.8. The minimum Gasteiger partial charge on any atom is -0.353 e. The molecule has 0 aliphatic carbocycles. The second-order valence-electron chi connectivity index (χ2n) is 10.5. The van der Waals surface area contributed by atoms with Crippen molar-refractivity contribution in [3.05, 3.63) is 70.2 Å². The van der Waals surface area contributed by atoms with Gasteiger partial charge >= 0.3 is 0 Å². The highest BCUT2D eigenvalue weighted by Crippen LogP contribution is 2.43. The Bertz CT molecular complexity index is 1030. The minimum atomic E-state index is -0.544. The van der Waals surface area contributed by atoms with Gasteiger partial charge in [-0.3, -0.25) is 9.59 Å². The number of hydrogen-bond donors (Lipinski definition) is 1. The molecule has 2 amide bonds. The van der Waals surface area contributed by atoms with E-state index >= 15 is 0 Å². The van der Waals surface area contributed by atoms with Crippen molar-refractivity contribution in [2.45, 2.75) is 56.9 Å². The Labute approximate surface area is 218 Å². The van der Waals surface area contributed by atoms with Crippen molar-refractivity contribution < 1.29 is 9.59 Å². The van der Waals surface area contributed by atoms with E-state index in [9.17, 15) is 9.59 Å². The maximum Gasteiger partial charge on any atom is 0.257 e. The van der Waals surface area contributed by atoms with E-state index in [1.165, 1.54) is 24.8 Å². The van der Waals surface area contributed by atoms with Crippen LogP contribution in [0.1, 0.15) is 66.9 Å². The van der Waals surface area contributed by atoms with Gasteiger partial charge in [0, 0.05) is 18.8 Å². The second-order valence-corrected chi connectivity index (χ2v) is 12.0. The van der Waals surface area contributed by atoms with Crippen LogP contribution in [-0.2, 0) is 10.2 Å². The fourth-order valence-corrected chi connectivity index (χ4v) is 6.42. The molecule has 0 bridgehead atoms. The van der Waals surface area contributed by atoms with Crippen LogP contribution in [0.3, 0.4) is 0 Å². The van der Waals surface area contributed by atoms with E-state index in [1.807, 2.05) is 12.1 Å². The molecule has 4 rings (SSSR count). The number of piperidine rings is 1. The molecule has 2 aliphatic heterocycles. The smallest absolute Gasteiger partial charge is 0.257 e. The van der Waals surface area contributed by atoms with Gasteiger partial charge in [0.2, 0.25) is 5.91 Å². The quantitative estimate of drug-likeness (QED) is 0.554. The largest absolute Gasteiger partial charge is 0.353 e. The summed E-state index contributed by atoms with van der Waals surface area (Å²) in [7, 11) is 0. The second kappa shape index (κ2) is 11.4. The summed E-state index contributed by atoms with van der Waals surface area (Å²) in [6.07, 6.45) is 3.74. The summed E-state index contributed by atoms with van der Waals surface area (Å²) in [5.41, 5.74) is 2.73. The van der Waals surface area contributed by atoms with Crippen molar-refractivity contribution in [3.63, 3.8) is 0 Å². The average molecular weight is 514 g/mol. The van der Waals surface area contributed by atoms with Crippen LogP contribution in [-0.4, -0.2) is 59.6 Å². The van der Waals surface area contributed by atoms with Crippen molar-refractivity contribution in [2.75, 3.05) is 31.9 Å². The van der Waals surface area contributed by atoms with Crippen LogP contribution < -0.4 is 5.32 Å². The van der Waals surface area contributed by atoms with E-state index in [2.05, 4.69) is 55.3 Å². The molecular formula is C28H36ClN3O2S. The fraction of sp³-hybridized carbons (Fsp3) is 0.500. The number of thioether (sulfide) groups is 1. The van der Waals surface area contributed by atoms with Crippen molar-refractivity contribution in [2.24, 2.45) is 0 Å². The van der Waals surface area contributed by atoms with Gasteiger partial charge in [0.15, 0.2) is 0 Å². The number of nitrogens with one attached hydrogen (secondary N) is 1. The third kappa shape index (κ3) is 6.22. The molecule has 188 valence electrons. The predicted molar refractivity (Wildman–Crippen MR) is 145 cm³/mol. The van der Waals surface area contributed by atoms with Gasteiger partial charge in [-0.2, -0.15) is 0 Å². The van der Waals surface area contributed by atoms with Crippen LogP contribution in [0, 0.1) is 0 Å². The minimum absolute atomic E-state index is 0.0468. The summed E-state index contributed by atoms with van der Waals surface area (Å²) in [4.78, 5) is 31.2. The van der Waals surface area contributed by atoms with Crippen LogP contribution in [0.2, 0.25) is 5.02 Å². The zero-order valence-electron chi connectivity index (χ0n) is 20.9. The lowest BCUT2D eigenvalue weighted by atomic mass is 9.86. The molecule has 2 atom stereocenters. The maximum atomic E-state index is 13.8. The molecule has 2 unspecified atom stereocenters. The van der Waals surface area contributed by atoms with Gasteiger partial charge in [0.25, 0.3) is 5.91 Å². The highest BCUT2D eigenvalue weighted by atomic mass is 35.5. The predicted octanol–water partition coefficient (Wildman–Crippen LogP) is 5.50. The molecule has 0 aromatic heterocycles. The van der Waals surface area contributed by atoms with Gasteiger partial charge in [-0.25, -0.2) is 0 Å². The first-order valence-electron chi connectivity index (χ1n) is 12.5. The van der Waals surface area contributed by atoms with E-state index in [-0.39, 0.29) is 22.6 Å². The molecule has 2 saturated heterocycles. The molecule has 0 saturated carbocycles. The average Bonchev–Trinajstić information content (AvgIpc) is 3.29. The third-order valence-electron chi connectivity index (χ3n) is 6.88. The van der Waals surface area contributed by atoms with E-state index < -0.39 is 6.04 Å². The van der Waals surface area contributed by atoms with Crippen molar-refractivity contribution in [1.29, 1.82) is 0 Å². The fourth-order valence-electron chi connectivity index (χ4n) is 4.77. The Morgan fingerprint density at radius 1 is 1.03 bits per heavy atom. The van der Waals surface area contributed by atoms with Gasteiger partial charge < -0.3 is 15.1 Å². The van der Waals surface area contributed by atoms with Crippen LogP contribution in [0.5, 0.6) is 0 Å². The van der Waals surface area contributed by atoms with Crippen LogP contribution in [0.25, 0.3) is 0 Å². The first kappa shape index (κ1) is 26.1. The normalized spacial score (nSPS) is 21.2. The molecule has 0 radical (unpaired) electrons. The Hall–Kier alpha value is -2.02. The number of amides is 2.